The molecule has 3 aliphatic rings. The number of aliphatic hydroxyl groups excluding tert-OH is 1. The summed E-state index contributed by atoms with van der Waals surface area (Å²) in [5.41, 5.74) is 1.79. The minimum atomic E-state index is -0.656. The summed E-state index contributed by atoms with van der Waals surface area (Å²) in [7, 11) is 1.60. The summed E-state index contributed by atoms with van der Waals surface area (Å²) < 4.78 is -0.644. The third-order valence-corrected chi connectivity index (χ3v) is 11.1. The van der Waals surface area contributed by atoms with Crippen LogP contribution in [0.1, 0.15) is 39.5 Å². The number of carbonyl (C=O) groups is 3. The van der Waals surface area contributed by atoms with Gasteiger partial charge in [0.15, 0.2) is 0 Å². The van der Waals surface area contributed by atoms with Crippen LogP contribution in [0.15, 0.2) is 24.3 Å². The molecule has 1 aromatic carbocycles. The highest BCUT2D eigenvalue weighted by Gasteiger charge is 2.75. The van der Waals surface area contributed by atoms with Crippen LogP contribution in [0.3, 0.4) is 0 Å². The van der Waals surface area contributed by atoms with Gasteiger partial charge in [-0.2, -0.15) is 0 Å². The van der Waals surface area contributed by atoms with Gasteiger partial charge in [-0.1, -0.05) is 15.9 Å². The van der Waals surface area contributed by atoms with Crippen LogP contribution in [0.5, 0.6) is 0 Å². The molecular formula is C26H37BrN4O4S. The maximum absolute atomic E-state index is 13.9. The number of hydrogen-bond acceptors (Lipinski definition) is 6. The van der Waals surface area contributed by atoms with Crippen LogP contribution in [-0.2, 0) is 14.4 Å². The Bertz CT molecular complexity index is 975. The minimum absolute atomic E-state index is 0.0425. The van der Waals surface area contributed by atoms with Crippen molar-refractivity contribution in [2.75, 3.05) is 43.5 Å². The van der Waals surface area contributed by atoms with E-state index in [1.54, 1.807) is 23.7 Å². The van der Waals surface area contributed by atoms with Crippen molar-refractivity contribution in [2.24, 2.45) is 11.8 Å². The Morgan fingerprint density at radius 3 is 2.47 bits per heavy atom. The molecule has 2 bridgehead atoms. The Balaban J connectivity index is 1.62. The fourth-order valence-electron chi connectivity index (χ4n) is 6.26. The molecule has 1 aromatic rings. The van der Waals surface area contributed by atoms with Crippen LogP contribution in [0.2, 0.25) is 0 Å². The Hall–Kier alpha value is -1.78. The first-order valence-electron chi connectivity index (χ1n) is 12.9. The minimum Gasteiger partial charge on any atom is -0.396 e. The van der Waals surface area contributed by atoms with Crippen LogP contribution < -0.4 is 15.5 Å². The largest absolute Gasteiger partial charge is 0.396 e. The van der Waals surface area contributed by atoms with Gasteiger partial charge in [-0.3, -0.25) is 14.4 Å². The van der Waals surface area contributed by atoms with Crippen molar-refractivity contribution in [3.8, 4) is 0 Å². The van der Waals surface area contributed by atoms with Crippen LogP contribution in [0.4, 0.5) is 11.4 Å². The van der Waals surface area contributed by atoms with Gasteiger partial charge in [-0.25, -0.2) is 0 Å². The molecule has 3 amide bonds. The zero-order chi connectivity index (χ0) is 26.0. The first-order valence-corrected chi connectivity index (χ1v) is 14.7. The number of rotatable bonds is 11. The summed E-state index contributed by atoms with van der Waals surface area (Å²) in [6.07, 6.45) is 2.80. The number of nitrogens with zero attached hydrogens (tertiary/aromatic N) is 2. The second-order valence-electron chi connectivity index (χ2n) is 9.80. The summed E-state index contributed by atoms with van der Waals surface area (Å²) >= 11 is 5.40. The van der Waals surface area contributed by atoms with Gasteiger partial charge in [0.1, 0.15) is 6.04 Å². The lowest BCUT2D eigenvalue weighted by molar-refractivity contribution is -0.139. The average molecular weight is 582 g/mol. The summed E-state index contributed by atoms with van der Waals surface area (Å²) in [5.74, 6) is -1.41. The number of fused-ring (bicyclic) bond motifs is 1. The Labute approximate surface area is 226 Å². The fraction of sp³-hybridized carbons (Fsp3) is 0.654. The number of thioether (sulfide) groups is 1. The molecule has 6 atom stereocenters. The van der Waals surface area contributed by atoms with Crippen LogP contribution in [-0.4, -0.2) is 81.9 Å². The summed E-state index contributed by atoms with van der Waals surface area (Å²) in [6, 6.07) is 7.16. The van der Waals surface area contributed by atoms with Gasteiger partial charge in [-0.15, -0.1) is 11.8 Å². The van der Waals surface area contributed by atoms with Gasteiger partial charge in [0.25, 0.3) is 0 Å². The van der Waals surface area contributed by atoms with Crippen molar-refractivity contribution in [2.45, 2.75) is 60.4 Å². The molecule has 3 unspecified atom stereocenters. The Morgan fingerprint density at radius 1 is 1.17 bits per heavy atom. The van der Waals surface area contributed by atoms with Crippen LogP contribution >= 0.6 is 27.7 Å². The first-order chi connectivity index (χ1) is 17.3. The number of halogens is 1. The highest BCUT2D eigenvalue weighted by Crippen LogP contribution is 2.67. The Morgan fingerprint density at radius 2 is 1.86 bits per heavy atom. The van der Waals surface area contributed by atoms with E-state index in [2.05, 4.69) is 45.3 Å². The number of nitrogens with one attached hydrogen (secondary N) is 2. The van der Waals surface area contributed by atoms with Crippen LogP contribution in [0, 0.1) is 11.8 Å². The lowest BCUT2D eigenvalue weighted by Gasteiger charge is -2.35. The van der Waals surface area contributed by atoms with Gasteiger partial charge in [0.2, 0.25) is 17.7 Å². The molecule has 0 aromatic heterocycles. The van der Waals surface area contributed by atoms with Crippen molar-refractivity contribution >= 4 is 56.8 Å². The SMILES string of the molecule is CCN(CC)c1ccc(NC(=O)C2N(CCCCCO)C(=O)[C@@H]3[C@H](C(=O)NC)[C@H]4SC23CC4Br)cc1. The molecule has 4 rings (SSSR count). The van der Waals surface area contributed by atoms with Gasteiger partial charge >= 0.3 is 0 Å². The van der Waals surface area contributed by atoms with Crippen molar-refractivity contribution in [1.29, 1.82) is 0 Å². The molecule has 3 saturated heterocycles. The number of hydrogen-bond donors (Lipinski definition) is 3. The highest BCUT2D eigenvalue weighted by atomic mass is 79.9. The van der Waals surface area contributed by atoms with Crippen molar-refractivity contribution in [3.63, 3.8) is 0 Å². The van der Waals surface area contributed by atoms with Crippen molar-refractivity contribution in [1.82, 2.24) is 10.2 Å². The normalized spacial score (nSPS) is 30.4. The van der Waals surface area contributed by atoms with E-state index >= 15 is 0 Å². The number of aliphatic hydroxyl groups is 1. The van der Waals surface area contributed by atoms with Crippen molar-refractivity contribution < 1.29 is 19.5 Å². The van der Waals surface area contributed by atoms with E-state index in [4.69, 9.17) is 5.11 Å². The topological polar surface area (TPSA) is 102 Å². The van der Waals surface area contributed by atoms with Crippen molar-refractivity contribution in [3.05, 3.63) is 24.3 Å². The molecule has 0 radical (unpaired) electrons. The number of carbonyl (C=O) groups excluding carboxylic acids is 3. The molecule has 1 spiro atoms. The molecule has 3 aliphatic heterocycles. The number of likely N-dealkylation sites (tertiary alicyclic amines) is 1. The second kappa shape index (κ2) is 11.3. The van der Waals surface area contributed by atoms with Gasteiger partial charge in [-0.05, 0) is 63.8 Å². The summed E-state index contributed by atoms with van der Waals surface area (Å²) in [6.45, 7) is 6.57. The molecular weight excluding hydrogens is 544 g/mol. The van der Waals surface area contributed by atoms with E-state index in [0.29, 0.717) is 31.5 Å². The average Bonchev–Trinajstić information content (AvgIpc) is 3.46. The number of alkyl halides is 1. The molecule has 0 aliphatic carbocycles. The molecule has 198 valence electrons. The quantitative estimate of drug-likeness (QED) is 0.275. The second-order valence-corrected chi connectivity index (χ2v) is 12.5. The number of amides is 3. The summed E-state index contributed by atoms with van der Waals surface area (Å²) in [4.78, 5) is 44.6. The third-order valence-electron chi connectivity index (χ3n) is 7.91. The maximum atomic E-state index is 13.9. The molecule has 3 N–H and O–H groups in total. The lowest BCUT2D eigenvalue weighted by Crippen LogP contribution is -2.53. The lowest BCUT2D eigenvalue weighted by atomic mass is 9.70. The van der Waals surface area contributed by atoms with E-state index in [9.17, 15) is 14.4 Å². The monoisotopic (exact) mass is 580 g/mol. The predicted molar refractivity (Wildman–Crippen MR) is 148 cm³/mol. The van der Waals surface area contributed by atoms with Crippen LogP contribution in [0.25, 0.3) is 0 Å². The molecule has 8 nitrogen and oxygen atoms in total. The summed E-state index contributed by atoms with van der Waals surface area (Å²) in [5, 5.41) is 15.0. The number of unbranched alkanes of at least 4 members (excludes halogenated alkanes) is 2. The standard InChI is InChI=1S/C26H37BrN4O4S/c1-4-30(5-2)17-11-9-16(10-12-17)29-24(34)22-26-15-18(27)21(36-26)19(23(33)28-3)20(26)25(35)31(22)13-7-6-8-14-32/h9-12,18-22,32H,4-8,13-15H2,1-3H3,(H,28,33)(H,29,34)/t18?,19-,20-,21-,22?,26?/m0/s1. The maximum Gasteiger partial charge on any atom is 0.248 e. The van der Waals surface area contributed by atoms with E-state index in [1.807, 2.05) is 24.3 Å². The van der Waals surface area contributed by atoms with E-state index in [-0.39, 0.29) is 34.4 Å². The van der Waals surface area contributed by atoms with Gasteiger partial charge < -0.3 is 25.5 Å². The highest BCUT2D eigenvalue weighted by molar-refractivity contribution is 9.09. The number of anilines is 2. The molecule has 3 fully saturated rings. The molecule has 0 saturated carbocycles. The fourth-order valence-corrected chi connectivity index (χ4v) is 9.88. The Kier molecular flexibility index (Phi) is 8.56. The number of benzene rings is 1. The predicted octanol–water partition coefficient (Wildman–Crippen LogP) is 2.84. The molecule has 3 heterocycles. The van der Waals surface area contributed by atoms with Gasteiger partial charge in [0.05, 0.1) is 16.6 Å². The van der Waals surface area contributed by atoms with Gasteiger partial charge in [0, 0.05) is 54.7 Å². The van der Waals surface area contributed by atoms with E-state index in [1.165, 1.54) is 0 Å². The molecule has 36 heavy (non-hydrogen) atoms. The molecule has 10 heteroatoms. The third kappa shape index (κ3) is 4.65. The van der Waals surface area contributed by atoms with E-state index < -0.39 is 22.6 Å². The van der Waals surface area contributed by atoms with E-state index in [0.717, 1.165) is 25.2 Å². The zero-order valence-corrected chi connectivity index (χ0v) is 23.6. The zero-order valence-electron chi connectivity index (χ0n) is 21.2. The first kappa shape index (κ1) is 27.3. The smallest absolute Gasteiger partial charge is 0.248 e.